The van der Waals surface area contributed by atoms with Crippen LogP contribution in [0.15, 0.2) is 23.1 Å². The maximum absolute atomic E-state index is 12.1. The van der Waals surface area contributed by atoms with E-state index in [1.54, 1.807) is 13.0 Å². The van der Waals surface area contributed by atoms with Gasteiger partial charge in [-0.25, -0.2) is 13.6 Å². The summed E-state index contributed by atoms with van der Waals surface area (Å²) in [6, 6.07) is 4.32. The Hall–Kier alpha value is -1.40. The van der Waals surface area contributed by atoms with Crippen LogP contribution in [0.25, 0.3) is 0 Å². The monoisotopic (exact) mass is 298 g/mol. The molecule has 0 unspecified atom stereocenters. The van der Waals surface area contributed by atoms with Gasteiger partial charge in [-0.1, -0.05) is 32.8 Å². The van der Waals surface area contributed by atoms with E-state index in [0.29, 0.717) is 18.0 Å². The lowest BCUT2D eigenvalue weighted by Gasteiger charge is -2.14. The molecule has 3 N–H and O–H groups in total. The van der Waals surface area contributed by atoms with Crippen molar-refractivity contribution in [1.82, 2.24) is 5.32 Å². The van der Waals surface area contributed by atoms with Crippen molar-refractivity contribution in [1.29, 1.82) is 0 Å². The van der Waals surface area contributed by atoms with Gasteiger partial charge in [-0.05, 0) is 30.5 Å². The van der Waals surface area contributed by atoms with Gasteiger partial charge in [0.25, 0.3) is 5.91 Å². The van der Waals surface area contributed by atoms with Crippen LogP contribution in [-0.4, -0.2) is 20.9 Å². The first-order valence-electron chi connectivity index (χ1n) is 6.71. The summed E-state index contributed by atoms with van der Waals surface area (Å²) in [5.41, 5.74) is 1.07. The van der Waals surface area contributed by atoms with Crippen LogP contribution < -0.4 is 10.5 Å². The first kappa shape index (κ1) is 16.7. The zero-order valence-electron chi connectivity index (χ0n) is 12.1. The molecule has 0 aromatic heterocycles. The topological polar surface area (TPSA) is 89.3 Å². The number of aryl methyl sites for hydroxylation is 1. The minimum atomic E-state index is -3.80. The molecular formula is C14H22N2O3S. The van der Waals surface area contributed by atoms with Gasteiger partial charge in [0.2, 0.25) is 10.0 Å². The van der Waals surface area contributed by atoms with E-state index < -0.39 is 10.0 Å². The molecule has 5 nitrogen and oxygen atoms in total. The molecule has 6 heteroatoms. The molecule has 0 bridgehead atoms. The first-order valence-corrected chi connectivity index (χ1v) is 8.25. The number of sulfonamides is 1. The van der Waals surface area contributed by atoms with Gasteiger partial charge in [-0.2, -0.15) is 0 Å². The van der Waals surface area contributed by atoms with Crippen LogP contribution in [0.1, 0.15) is 42.6 Å². The van der Waals surface area contributed by atoms with Gasteiger partial charge in [0.15, 0.2) is 0 Å². The number of nitrogens with one attached hydrogen (secondary N) is 1. The van der Waals surface area contributed by atoms with Crippen LogP contribution in [0.2, 0.25) is 0 Å². The summed E-state index contributed by atoms with van der Waals surface area (Å²) in [6.07, 6.45) is 1.99. The van der Waals surface area contributed by atoms with Crippen molar-refractivity contribution in [2.75, 3.05) is 6.54 Å². The maximum Gasteiger partial charge on any atom is 0.251 e. The zero-order chi connectivity index (χ0) is 15.3. The Morgan fingerprint density at radius 1 is 1.30 bits per heavy atom. The average Bonchev–Trinajstić information content (AvgIpc) is 2.38. The highest BCUT2D eigenvalue weighted by Crippen LogP contribution is 2.15. The van der Waals surface area contributed by atoms with Crippen molar-refractivity contribution in [3.8, 4) is 0 Å². The van der Waals surface area contributed by atoms with Crippen LogP contribution >= 0.6 is 0 Å². The molecule has 0 radical (unpaired) electrons. The number of rotatable bonds is 6. The highest BCUT2D eigenvalue weighted by Gasteiger charge is 2.15. The highest BCUT2D eigenvalue weighted by molar-refractivity contribution is 7.89. The van der Waals surface area contributed by atoms with E-state index in [0.717, 1.165) is 18.4 Å². The fourth-order valence-corrected chi connectivity index (χ4v) is 2.47. The number of carbonyl (C=O) groups is 1. The number of benzene rings is 1. The van der Waals surface area contributed by atoms with Gasteiger partial charge in [-0.3, -0.25) is 4.79 Å². The number of carbonyl (C=O) groups excluding carboxylic acids is 1. The largest absolute Gasteiger partial charge is 0.352 e. The van der Waals surface area contributed by atoms with Crippen molar-refractivity contribution in [2.45, 2.75) is 38.5 Å². The molecular weight excluding hydrogens is 276 g/mol. The van der Waals surface area contributed by atoms with Gasteiger partial charge in [0.05, 0.1) is 4.90 Å². The molecule has 0 saturated heterocycles. The molecule has 0 spiro atoms. The second kappa shape index (κ2) is 6.85. The number of amides is 1. The minimum Gasteiger partial charge on any atom is -0.352 e. The van der Waals surface area contributed by atoms with Crippen LogP contribution in [0.4, 0.5) is 0 Å². The van der Waals surface area contributed by atoms with Crippen molar-refractivity contribution in [3.05, 3.63) is 29.3 Å². The summed E-state index contributed by atoms with van der Waals surface area (Å²) in [5, 5.41) is 7.93. The van der Waals surface area contributed by atoms with Crippen LogP contribution in [0.5, 0.6) is 0 Å². The zero-order valence-corrected chi connectivity index (χ0v) is 13.0. The minimum absolute atomic E-state index is 0.0456. The Kier molecular flexibility index (Phi) is 5.71. The molecule has 112 valence electrons. The number of primary sulfonamides is 1. The van der Waals surface area contributed by atoms with E-state index in [2.05, 4.69) is 19.2 Å². The Labute approximate surface area is 120 Å². The summed E-state index contributed by atoms with van der Waals surface area (Å²) in [6.45, 7) is 6.50. The van der Waals surface area contributed by atoms with Crippen molar-refractivity contribution >= 4 is 15.9 Å². The summed E-state index contributed by atoms with van der Waals surface area (Å²) in [7, 11) is -3.80. The van der Waals surface area contributed by atoms with E-state index in [-0.39, 0.29) is 10.8 Å². The second-order valence-corrected chi connectivity index (χ2v) is 6.48. The number of nitrogens with two attached hydrogens (primary N) is 1. The molecule has 1 aromatic rings. The smallest absolute Gasteiger partial charge is 0.251 e. The normalized spacial score (nSPS) is 11.7. The molecule has 1 aromatic carbocycles. The average molecular weight is 298 g/mol. The third-order valence-corrected chi connectivity index (χ3v) is 4.40. The molecule has 0 aliphatic carbocycles. The molecule has 0 atom stereocenters. The van der Waals surface area contributed by atoms with Gasteiger partial charge in [0.1, 0.15) is 0 Å². The molecule has 1 rings (SSSR count). The highest BCUT2D eigenvalue weighted by atomic mass is 32.2. The molecule has 0 fully saturated rings. The quantitative estimate of drug-likeness (QED) is 0.839. The second-order valence-electron chi connectivity index (χ2n) is 4.91. The third-order valence-electron chi connectivity index (χ3n) is 3.49. The van der Waals surface area contributed by atoms with Gasteiger partial charge in [0, 0.05) is 12.1 Å². The van der Waals surface area contributed by atoms with Gasteiger partial charge in [-0.15, -0.1) is 0 Å². The Morgan fingerprint density at radius 3 is 2.40 bits per heavy atom. The van der Waals surface area contributed by atoms with E-state index in [9.17, 15) is 13.2 Å². The number of hydrogen-bond donors (Lipinski definition) is 2. The molecule has 0 aliphatic heterocycles. The summed E-state index contributed by atoms with van der Waals surface area (Å²) < 4.78 is 22.6. The standard InChI is InChI=1S/C14H22N2O3S/c1-4-11(5-2)9-16-14(17)13-8-12(20(15,18)19)7-6-10(13)3/h6-8,11H,4-5,9H2,1-3H3,(H,16,17)(H2,15,18,19). The molecule has 0 heterocycles. The van der Waals surface area contributed by atoms with Crippen molar-refractivity contribution < 1.29 is 13.2 Å². The van der Waals surface area contributed by atoms with Crippen LogP contribution in [0, 0.1) is 12.8 Å². The van der Waals surface area contributed by atoms with E-state index in [1.807, 2.05) is 0 Å². The predicted molar refractivity (Wildman–Crippen MR) is 79.0 cm³/mol. The fourth-order valence-electron chi connectivity index (χ4n) is 1.93. The Balaban J connectivity index is 2.93. The molecule has 20 heavy (non-hydrogen) atoms. The summed E-state index contributed by atoms with van der Waals surface area (Å²) in [4.78, 5) is 12.1. The van der Waals surface area contributed by atoms with Gasteiger partial charge < -0.3 is 5.32 Å². The Morgan fingerprint density at radius 2 is 1.90 bits per heavy atom. The third kappa shape index (κ3) is 4.31. The van der Waals surface area contributed by atoms with Crippen molar-refractivity contribution in [2.24, 2.45) is 11.1 Å². The maximum atomic E-state index is 12.1. The molecule has 0 aliphatic rings. The van der Waals surface area contributed by atoms with Gasteiger partial charge >= 0.3 is 0 Å². The lowest BCUT2D eigenvalue weighted by Crippen LogP contribution is -2.29. The van der Waals surface area contributed by atoms with E-state index >= 15 is 0 Å². The summed E-state index contributed by atoms with van der Waals surface area (Å²) >= 11 is 0. The number of hydrogen-bond acceptors (Lipinski definition) is 3. The van der Waals surface area contributed by atoms with Crippen LogP contribution in [-0.2, 0) is 10.0 Å². The molecule has 1 amide bonds. The lowest BCUT2D eigenvalue weighted by atomic mass is 10.0. The van der Waals surface area contributed by atoms with Crippen molar-refractivity contribution in [3.63, 3.8) is 0 Å². The SMILES string of the molecule is CCC(CC)CNC(=O)c1cc(S(N)(=O)=O)ccc1C. The summed E-state index contributed by atoms with van der Waals surface area (Å²) in [5.74, 6) is 0.167. The lowest BCUT2D eigenvalue weighted by molar-refractivity contribution is 0.0945. The predicted octanol–water partition coefficient (Wildman–Crippen LogP) is 1.81. The van der Waals surface area contributed by atoms with Crippen LogP contribution in [0.3, 0.4) is 0 Å². The Bertz CT molecular complexity index is 578. The fraction of sp³-hybridized carbons (Fsp3) is 0.500. The first-order chi connectivity index (χ1) is 9.29. The molecule has 0 saturated carbocycles. The van der Waals surface area contributed by atoms with E-state index in [4.69, 9.17) is 5.14 Å². The van der Waals surface area contributed by atoms with E-state index in [1.165, 1.54) is 12.1 Å².